The minimum atomic E-state index is -3.41. The summed E-state index contributed by atoms with van der Waals surface area (Å²) in [5.74, 6) is 0.119. The Morgan fingerprint density at radius 2 is 2.20 bits per heavy atom. The minimum absolute atomic E-state index is 0.276. The van der Waals surface area contributed by atoms with Crippen LogP contribution in [0.5, 0.6) is 0 Å². The maximum Gasteiger partial charge on any atom is 0.341 e. The van der Waals surface area contributed by atoms with Crippen LogP contribution in [0.25, 0.3) is 0 Å². The van der Waals surface area contributed by atoms with Crippen molar-refractivity contribution in [1.82, 2.24) is 0 Å². The zero-order valence-corrected chi connectivity index (χ0v) is 13.5. The van der Waals surface area contributed by atoms with Crippen LogP contribution in [0.2, 0.25) is 0 Å². The number of fused-ring (bicyclic) bond motifs is 1. The number of ether oxygens (including phenoxy) is 1. The fraction of sp³-hybridized carbons (Fsp3) is 0.615. The molecule has 2 rings (SSSR count). The van der Waals surface area contributed by atoms with E-state index in [-0.39, 0.29) is 6.61 Å². The highest BCUT2D eigenvalue weighted by atomic mass is 32.2. The van der Waals surface area contributed by atoms with Gasteiger partial charge >= 0.3 is 5.97 Å². The lowest BCUT2D eigenvalue weighted by atomic mass is 9.88. The van der Waals surface area contributed by atoms with Crippen LogP contribution in [-0.2, 0) is 27.6 Å². The molecule has 0 fully saturated rings. The highest BCUT2D eigenvalue weighted by molar-refractivity contribution is 7.92. The second-order valence-electron chi connectivity index (χ2n) is 5.15. The lowest BCUT2D eigenvalue weighted by Gasteiger charge is -2.18. The molecule has 0 radical (unpaired) electrons. The Morgan fingerprint density at radius 1 is 1.50 bits per heavy atom. The molecule has 7 heteroatoms. The smallest absolute Gasteiger partial charge is 0.341 e. The summed E-state index contributed by atoms with van der Waals surface area (Å²) in [7, 11) is -3.41. The van der Waals surface area contributed by atoms with Crippen LogP contribution >= 0.6 is 11.3 Å². The lowest BCUT2D eigenvalue weighted by Crippen LogP contribution is -2.16. The largest absolute Gasteiger partial charge is 0.462 e. The predicted octanol–water partition coefficient (Wildman–Crippen LogP) is 2.42. The second-order valence-corrected chi connectivity index (χ2v) is 8.00. The standard InChI is InChI=1S/C13H19NO4S2/c1-4-18-13(15)11-9-6-5-8(2)7-10(9)19-12(11)14-20(3,16)17/h8,14H,4-7H2,1-3H3/t8-/m0/s1. The number of thiophene rings is 1. The highest BCUT2D eigenvalue weighted by Gasteiger charge is 2.29. The zero-order valence-electron chi connectivity index (χ0n) is 11.9. The van der Waals surface area contributed by atoms with E-state index < -0.39 is 16.0 Å². The molecule has 0 aromatic carbocycles. The van der Waals surface area contributed by atoms with Crippen LogP contribution in [0, 0.1) is 5.92 Å². The molecule has 0 unspecified atom stereocenters. The minimum Gasteiger partial charge on any atom is -0.462 e. The van der Waals surface area contributed by atoms with Gasteiger partial charge in [0.25, 0.3) is 0 Å². The van der Waals surface area contributed by atoms with Crippen LogP contribution in [0.3, 0.4) is 0 Å². The monoisotopic (exact) mass is 317 g/mol. The molecule has 0 spiro atoms. The quantitative estimate of drug-likeness (QED) is 0.866. The van der Waals surface area contributed by atoms with Crippen molar-refractivity contribution in [3.63, 3.8) is 0 Å². The Balaban J connectivity index is 2.47. The average molecular weight is 317 g/mol. The summed E-state index contributed by atoms with van der Waals surface area (Å²) in [4.78, 5) is 13.2. The number of carbonyl (C=O) groups is 1. The summed E-state index contributed by atoms with van der Waals surface area (Å²) < 4.78 is 30.4. The van der Waals surface area contributed by atoms with Crippen molar-refractivity contribution in [2.24, 2.45) is 5.92 Å². The van der Waals surface area contributed by atoms with Crippen molar-refractivity contribution < 1.29 is 17.9 Å². The molecule has 0 bridgehead atoms. The molecule has 1 heterocycles. The molecule has 1 aromatic rings. The molecule has 0 saturated heterocycles. The molecule has 0 amide bonds. The topological polar surface area (TPSA) is 72.5 Å². The molecular weight excluding hydrogens is 298 g/mol. The molecule has 0 aliphatic heterocycles. The van der Waals surface area contributed by atoms with Gasteiger partial charge in [-0.1, -0.05) is 6.92 Å². The molecule has 1 aromatic heterocycles. The number of sulfonamides is 1. The molecule has 1 atom stereocenters. The Labute approximate surface area is 123 Å². The first-order valence-electron chi connectivity index (χ1n) is 6.61. The summed E-state index contributed by atoms with van der Waals surface area (Å²) in [6, 6.07) is 0. The van der Waals surface area contributed by atoms with Gasteiger partial charge in [-0.25, -0.2) is 13.2 Å². The number of carbonyl (C=O) groups excluding carboxylic acids is 1. The van der Waals surface area contributed by atoms with Crippen molar-refractivity contribution in [2.45, 2.75) is 33.1 Å². The summed E-state index contributed by atoms with van der Waals surface area (Å²) in [6.07, 6.45) is 3.78. The SMILES string of the molecule is CCOC(=O)c1c(NS(C)(=O)=O)sc2c1CC[C@H](C)C2. The first-order valence-corrected chi connectivity index (χ1v) is 9.32. The number of hydrogen-bond acceptors (Lipinski definition) is 5. The van der Waals surface area contributed by atoms with E-state index in [1.54, 1.807) is 6.92 Å². The van der Waals surface area contributed by atoms with E-state index >= 15 is 0 Å². The summed E-state index contributed by atoms with van der Waals surface area (Å²) >= 11 is 1.36. The number of nitrogens with one attached hydrogen (secondary N) is 1. The molecule has 5 nitrogen and oxygen atoms in total. The number of rotatable bonds is 4. The van der Waals surface area contributed by atoms with Gasteiger partial charge in [0.05, 0.1) is 18.4 Å². The Hall–Kier alpha value is -1.08. The molecule has 112 valence electrons. The van der Waals surface area contributed by atoms with Gasteiger partial charge in [0.2, 0.25) is 10.0 Å². The third kappa shape index (κ3) is 3.32. The van der Waals surface area contributed by atoms with Gasteiger partial charge < -0.3 is 4.74 Å². The van der Waals surface area contributed by atoms with Gasteiger partial charge in [-0.2, -0.15) is 0 Å². The van der Waals surface area contributed by atoms with E-state index in [1.807, 2.05) is 0 Å². The molecule has 20 heavy (non-hydrogen) atoms. The van der Waals surface area contributed by atoms with Gasteiger partial charge in [0, 0.05) is 4.88 Å². The van der Waals surface area contributed by atoms with Gasteiger partial charge in [-0.3, -0.25) is 4.72 Å². The predicted molar refractivity (Wildman–Crippen MR) is 79.9 cm³/mol. The summed E-state index contributed by atoms with van der Waals surface area (Å²) in [5, 5.41) is 0.394. The lowest BCUT2D eigenvalue weighted by molar-refractivity contribution is 0.0526. The fourth-order valence-electron chi connectivity index (χ4n) is 2.41. The van der Waals surface area contributed by atoms with Gasteiger partial charge in [-0.05, 0) is 37.7 Å². The first-order chi connectivity index (χ1) is 9.31. The van der Waals surface area contributed by atoms with Crippen LogP contribution in [0.15, 0.2) is 0 Å². The van der Waals surface area contributed by atoms with E-state index in [0.29, 0.717) is 16.5 Å². The maximum atomic E-state index is 12.1. The van der Waals surface area contributed by atoms with Gasteiger partial charge in [-0.15, -0.1) is 11.3 Å². The third-order valence-corrected chi connectivity index (χ3v) is 5.14. The van der Waals surface area contributed by atoms with Crippen molar-refractivity contribution in [1.29, 1.82) is 0 Å². The molecule has 1 N–H and O–H groups in total. The number of anilines is 1. The van der Waals surface area contributed by atoms with Crippen molar-refractivity contribution in [3.05, 3.63) is 16.0 Å². The van der Waals surface area contributed by atoms with E-state index in [4.69, 9.17) is 4.74 Å². The molecule has 1 aliphatic rings. The van der Waals surface area contributed by atoms with Crippen LogP contribution in [0.1, 0.15) is 41.1 Å². The Morgan fingerprint density at radius 3 is 2.80 bits per heavy atom. The van der Waals surface area contributed by atoms with Crippen molar-refractivity contribution in [3.8, 4) is 0 Å². The van der Waals surface area contributed by atoms with E-state index in [1.165, 1.54) is 11.3 Å². The Kier molecular flexibility index (Phi) is 4.39. The number of hydrogen-bond donors (Lipinski definition) is 1. The van der Waals surface area contributed by atoms with Gasteiger partial charge in [0.15, 0.2) is 0 Å². The van der Waals surface area contributed by atoms with E-state index in [2.05, 4.69) is 11.6 Å². The maximum absolute atomic E-state index is 12.1. The normalized spacial score (nSPS) is 18.4. The highest BCUT2D eigenvalue weighted by Crippen LogP contribution is 2.40. The third-order valence-electron chi connectivity index (χ3n) is 3.27. The van der Waals surface area contributed by atoms with Crippen LogP contribution in [-0.4, -0.2) is 27.2 Å². The van der Waals surface area contributed by atoms with Crippen LogP contribution in [0.4, 0.5) is 5.00 Å². The van der Waals surface area contributed by atoms with Gasteiger partial charge in [0.1, 0.15) is 5.00 Å². The molecular formula is C13H19NO4S2. The first kappa shape index (κ1) is 15.3. The summed E-state index contributed by atoms with van der Waals surface area (Å²) in [5.41, 5.74) is 1.36. The summed E-state index contributed by atoms with van der Waals surface area (Å²) in [6.45, 7) is 4.18. The van der Waals surface area contributed by atoms with Crippen molar-refractivity contribution >= 4 is 32.3 Å². The fourth-order valence-corrected chi connectivity index (χ4v) is 4.72. The number of esters is 1. The molecule has 1 aliphatic carbocycles. The van der Waals surface area contributed by atoms with E-state index in [0.717, 1.165) is 36.0 Å². The molecule has 0 saturated carbocycles. The van der Waals surface area contributed by atoms with Crippen LogP contribution < -0.4 is 4.72 Å². The zero-order chi connectivity index (χ0) is 14.9. The van der Waals surface area contributed by atoms with E-state index in [9.17, 15) is 13.2 Å². The Bertz CT molecular complexity index is 619. The average Bonchev–Trinajstić information content (AvgIpc) is 2.63. The van der Waals surface area contributed by atoms with Crippen molar-refractivity contribution in [2.75, 3.05) is 17.6 Å². The second kappa shape index (κ2) is 5.73.